The average Bonchev–Trinajstić information content (AvgIpc) is 3.14. The molecule has 2 N–H and O–H groups in total. The van der Waals surface area contributed by atoms with Gasteiger partial charge in [-0.05, 0) is 50.1 Å². The van der Waals surface area contributed by atoms with Gasteiger partial charge in [0, 0.05) is 41.5 Å². The lowest BCUT2D eigenvalue weighted by Gasteiger charge is -2.11. The molecule has 0 fully saturated rings. The minimum atomic E-state index is -0.220. The maximum Gasteiger partial charge on any atom is 0.251 e. The number of fused-ring (bicyclic) bond motifs is 1. The fourth-order valence-corrected chi connectivity index (χ4v) is 3.29. The standard InChI is InChI=1S/C21H21ClN6O2/c1-13-18(14(2)28-20(27-13)16(11-23)12-26-28)7-8-19(29)24-9-10-25-21(30)15-3-5-17(22)6-4-15/h3-6,12H,7-10H2,1-2H3,(H,24,29)(H,25,30). The fourth-order valence-electron chi connectivity index (χ4n) is 3.16. The van der Waals surface area contributed by atoms with Crippen LogP contribution in [0.3, 0.4) is 0 Å². The minimum Gasteiger partial charge on any atom is -0.354 e. The average molecular weight is 425 g/mol. The molecular formula is C21H21ClN6O2. The van der Waals surface area contributed by atoms with Gasteiger partial charge in [0.15, 0.2) is 5.65 Å². The van der Waals surface area contributed by atoms with Crippen LogP contribution < -0.4 is 10.6 Å². The number of hydrogen-bond acceptors (Lipinski definition) is 5. The molecule has 8 nitrogen and oxygen atoms in total. The number of nitrogens with zero attached hydrogens (tertiary/aromatic N) is 4. The molecule has 0 saturated heterocycles. The molecule has 0 saturated carbocycles. The van der Waals surface area contributed by atoms with E-state index in [4.69, 9.17) is 16.9 Å². The summed E-state index contributed by atoms with van der Waals surface area (Å²) >= 11 is 5.81. The maximum atomic E-state index is 12.2. The Hall–Kier alpha value is -3.44. The molecular weight excluding hydrogens is 404 g/mol. The van der Waals surface area contributed by atoms with Crippen LogP contribution in [0.2, 0.25) is 5.02 Å². The molecule has 9 heteroatoms. The van der Waals surface area contributed by atoms with Gasteiger partial charge in [-0.25, -0.2) is 9.50 Å². The van der Waals surface area contributed by atoms with Crippen LogP contribution in [-0.2, 0) is 11.2 Å². The van der Waals surface area contributed by atoms with Crippen molar-refractivity contribution in [1.82, 2.24) is 25.2 Å². The summed E-state index contributed by atoms with van der Waals surface area (Å²) in [5.41, 5.74) is 4.03. The summed E-state index contributed by atoms with van der Waals surface area (Å²) in [7, 11) is 0. The molecule has 3 aromatic rings. The van der Waals surface area contributed by atoms with E-state index in [0.717, 1.165) is 17.0 Å². The number of amides is 2. The van der Waals surface area contributed by atoms with Crippen molar-refractivity contribution in [3.8, 4) is 6.07 Å². The monoisotopic (exact) mass is 424 g/mol. The van der Waals surface area contributed by atoms with Crippen molar-refractivity contribution in [3.63, 3.8) is 0 Å². The van der Waals surface area contributed by atoms with Crippen LogP contribution >= 0.6 is 11.6 Å². The minimum absolute atomic E-state index is 0.118. The first-order chi connectivity index (χ1) is 14.4. The summed E-state index contributed by atoms with van der Waals surface area (Å²) in [4.78, 5) is 28.7. The highest BCUT2D eigenvalue weighted by Crippen LogP contribution is 2.18. The second kappa shape index (κ2) is 9.37. The lowest BCUT2D eigenvalue weighted by atomic mass is 10.1. The molecule has 0 radical (unpaired) electrons. The van der Waals surface area contributed by atoms with E-state index in [0.29, 0.717) is 41.3 Å². The van der Waals surface area contributed by atoms with Crippen molar-refractivity contribution >= 4 is 29.1 Å². The first-order valence-electron chi connectivity index (χ1n) is 9.45. The van der Waals surface area contributed by atoms with Gasteiger partial charge in [-0.3, -0.25) is 9.59 Å². The zero-order valence-electron chi connectivity index (χ0n) is 16.7. The molecule has 1 aromatic carbocycles. The molecule has 0 unspecified atom stereocenters. The van der Waals surface area contributed by atoms with Gasteiger partial charge in [-0.15, -0.1) is 0 Å². The van der Waals surface area contributed by atoms with Crippen LogP contribution in [0.4, 0.5) is 0 Å². The SMILES string of the molecule is Cc1nc2c(C#N)cnn2c(C)c1CCC(=O)NCCNC(=O)c1ccc(Cl)cc1. The molecule has 2 heterocycles. The van der Waals surface area contributed by atoms with Crippen LogP contribution in [0, 0.1) is 25.2 Å². The highest BCUT2D eigenvalue weighted by molar-refractivity contribution is 6.30. The molecule has 0 aliphatic carbocycles. The fraction of sp³-hybridized carbons (Fsp3) is 0.286. The van der Waals surface area contributed by atoms with Crippen LogP contribution in [0.15, 0.2) is 30.5 Å². The molecule has 0 bridgehead atoms. The predicted octanol–water partition coefficient (Wildman–Crippen LogP) is 2.35. The summed E-state index contributed by atoms with van der Waals surface area (Å²) in [6.07, 6.45) is 2.28. The van der Waals surface area contributed by atoms with Crippen LogP contribution in [-0.4, -0.2) is 39.5 Å². The van der Waals surface area contributed by atoms with E-state index in [9.17, 15) is 9.59 Å². The van der Waals surface area contributed by atoms with Crippen molar-refractivity contribution in [1.29, 1.82) is 5.26 Å². The molecule has 3 rings (SSSR count). The summed E-state index contributed by atoms with van der Waals surface area (Å²) in [6.45, 7) is 4.41. The number of hydrogen-bond donors (Lipinski definition) is 2. The second-order valence-corrected chi connectivity index (χ2v) is 7.22. The van der Waals surface area contributed by atoms with Gasteiger partial charge in [0.05, 0.1) is 6.20 Å². The second-order valence-electron chi connectivity index (χ2n) is 6.78. The van der Waals surface area contributed by atoms with E-state index in [-0.39, 0.29) is 18.2 Å². The van der Waals surface area contributed by atoms with Gasteiger partial charge in [0.2, 0.25) is 5.91 Å². The molecule has 2 aromatic heterocycles. The molecule has 0 spiro atoms. The van der Waals surface area contributed by atoms with E-state index in [1.165, 1.54) is 6.20 Å². The lowest BCUT2D eigenvalue weighted by molar-refractivity contribution is -0.121. The zero-order valence-corrected chi connectivity index (χ0v) is 17.5. The molecule has 0 aliphatic heterocycles. The Labute approximate surface area is 178 Å². The summed E-state index contributed by atoms with van der Waals surface area (Å²) < 4.78 is 1.63. The Balaban J connectivity index is 1.48. The number of aromatic nitrogens is 3. The highest BCUT2D eigenvalue weighted by Gasteiger charge is 2.14. The number of carbonyl (C=O) groups excluding carboxylic acids is 2. The Morgan fingerprint density at radius 1 is 1.17 bits per heavy atom. The third-order valence-corrected chi connectivity index (χ3v) is 5.02. The number of halogens is 1. The Kier molecular flexibility index (Phi) is 6.65. The lowest BCUT2D eigenvalue weighted by Crippen LogP contribution is -2.34. The van der Waals surface area contributed by atoms with Crippen LogP contribution in [0.5, 0.6) is 0 Å². The third kappa shape index (κ3) is 4.75. The Morgan fingerprint density at radius 2 is 1.87 bits per heavy atom. The van der Waals surface area contributed by atoms with E-state index in [1.54, 1.807) is 28.8 Å². The quantitative estimate of drug-likeness (QED) is 0.565. The molecule has 30 heavy (non-hydrogen) atoms. The predicted molar refractivity (Wildman–Crippen MR) is 112 cm³/mol. The van der Waals surface area contributed by atoms with Gasteiger partial charge in [-0.1, -0.05) is 11.6 Å². The van der Waals surface area contributed by atoms with Crippen molar-refractivity contribution in [2.75, 3.05) is 13.1 Å². The van der Waals surface area contributed by atoms with E-state index >= 15 is 0 Å². The smallest absolute Gasteiger partial charge is 0.251 e. The molecule has 0 atom stereocenters. The highest BCUT2D eigenvalue weighted by atomic mass is 35.5. The van der Waals surface area contributed by atoms with Gasteiger partial charge in [0.1, 0.15) is 11.6 Å². The van der Waals surface area contributed by atoms with Crippen LogP contribution in [0.1, 0.15) is 39.3 Å². The van der Waals surface area contributed by atoms with Gasteiger partial charge in [-0.2, -0.15) is 10.4 Å². The van der Waals surface area contributed by atoms with E-state index in [2.05, 4.69) is 26.8 Å². The summed E-state index contributed by atoms with van der Waals surface area (Å²) in [5.74, 6) is -0.338. The molecule has 0 aliphatic rings. The van der Waals surface area contributed by atoms with Gasteiger partial charge >= 0.3 is 0 Å². The Morgan fingerprint density at radius 3 is 2.57 bits per heavy atom. The normalized spacial score (nSPS) is 10.6. The first kappa shape index (κ1) is 21.3. The van der Waals surface area contributed by atoms with Crippen molar-refractivity contribution in [3.05, 3.63) is 63.6 Å². The first-order valence-corrected chi connectivity index (χ1v) is 9.83. The number of rotatable bonds is 7. The molecule has 154 valence electrons. The third-order valence-electron chi connectivity index (χ3n) is 4.77. The number of aryl methyl sites for hydroxylation is 2. The summed E-state index contributed by atoms with van der Waals surface area (Å²) in [6, 6.07) is 8.67. The van der Waals surface area contributed by atoms with E-state index < -0.39 is 0 Å². The van der Waals surface area contributed by atoms with Crippen molar-refractivity contribution in [2.24, 2.45) is 0 Å². The maximum absolute atomic E-state index is 12.2. The van der Waals surface area contributed by atoms with Gasteiger partial charge in [0.25, 0.3) is 5.91 Å². The number of nitrogens with one attached hydrogen (secondary N) is 2. The Bertz CT molecular complexity index is 1130. The van der Waals surface area contributed by atoms with Crippen molar-refractivity contribution in [2.45, 2.75) is 26.7 Å². The zero-order chi connectivity index (χ0) is 21.7. The number of nitriles is 1. The van der Waals surface area contributed by atoms with Crippen molar-refractivity contribution < 1.29 is 9.59 Å². The largest absolute Gasteiger partial charge is 0.354 e. The van der Waals surface area contributed by atoms with Crippen LogP contribution in [0.25, 0.3) is 5.65 Å². The number of benzene rings is 1. The molecule has 2 amide bonds. The van der Waals surface area contributed by atoms with Gasteiger partial charge < -0.3 is 10.6 Å². The number of carbonyl (C=O) groups is 2. The van der Waals surface area contributed by atoms with E-state index in [1.807, 2.05) is 13.8 Å². The topological polar surface area (TPSA) is 112 Å². The summed E-state index contributed by atoms with van der Waals surface area (Å²) in [5, 5.41) is 19.5.